The van der Waals surface area contributed by atoms with Crippen molar-refractivity contribution in [2.24, 2.45) is 0 Å². The molecule has 382 valence electrons. The van der Waals surface area contributed by atoms with Crippen LogP contribution in [0.15, 0.2) is 296 Å². The molecule has 3 nitrogen and oxygen atoms in total. The molecule has 14 aromatic carbocycles. The summed E-state index contributed by atoms with van der Waals surface area (Å²) in [7, 11) is 0. The quantitative estimate of drug-likeness (QED) is 0.136. The highest BCUT2D eigenvalue weighted by atomic mass is 16.3. The van der Waals surface area contributed by atoms with Crippen LogP contribution in [0.2, 0.25) is 0 Å². The number of benzene rings is 14. The lowest BCUT2D eigenvalue weighted by Crippen LogP contribution is -2.11. The summed E-state index contributed by atoms with van der Waals surface area (Å²) in [6.45, 7) is 4.35. The van der Waals surface area contributed by atoms with Gasteiger partial charge in [-0.2, -0.15) is 0 Å². The molecule has 0 saturated heterocycles. The molecule has 0 N–H and O–H groups in total. The van der Waals surface area contributed by atoms with Gasteiger partial charge in [0.25, 0.3) is 0 Å². The van der Waals surface area contributed by atoms with Crippen LogP contribution in [0.4, 0.5) is 34.1 Å². The van der Waals surface area contributed by atoms with E-state index < -0.39 is 0 Å². The average Bonchev–Trinajstić information content (AvgIpc) is 4.14. The summed E-state index contributed by atoms with van der Waals surface area (Å²) >= 11 is 0. The molecule has 0 aliphatic rings. The van der Waals surface area contributed by atoms with Crippen LogP contribution in [-0.4, -0.2) is 0 Å². The molecule has 0 radical (unpaired) electrons. The molecular formula is C78H54N2O. The molecule has 15 aromatic rings. The number of rotatable bonds is 10. The van der Waals surface area contributed by atoms with Crippen LogP contribution in [0.5, 0.6) is 0 Å². The minimum Gasteiger partial charge on any atom is -0.456 e. The fourth-order valence-electron chi connectivity index (χ4n) is 12.3. The van der Waals surface area contributed by atoms with Crippen LogP contribution < -0.4 is 9.80 Å². The summed E-state index contributed by atoms with van der Waals surface area (Å²) < 4.78 is 6.96. The third-order valence-electron chi connectivity index (χ3n) is 16.2. The van der Waals surface area contributed by atoms with Crippen molar-refractivity contribution >= 4 is 99.2 Å². The van der Waals surface area contributed by atoms with Gasteiger partial charge >= 0.3 is 0 Å². The van der Waals surface area contributed by atoms with Gasteiger partial charge in [-0.05, 0) is 187 Å². The van der Waals surface area contributed by atoms with Crippen molar-refractivity contribution in [3.63, 3.8) is 0 Å². The number of aryl methyl sites for hydroxylation is 2. The van der Waals surface area contributed by atoms with Gasteiger partial charge in [0.2, 0.25) is 0 Å². The van der Waals surface area contributed by atoms with E-state index in [9.17, 15) is 0 Å². The lowest BCUT2D eigenvalue weighted by Gasteiger charge is -2.29. The summed E-state index contributed by atoms with van der Waals surface area (Å²) in [6.07, 6.45) is 0. The Balaban J connectivity index is 0.863. The van der Waals surface area contributed by atoms with E-state index in [-0.39, 0.29) is 0 Å². The van der Waals surface area contributed by atoms with Crippen molar-refractivity contribution in [3.8, 4) is 44.5 Å². The molecule has 0 saturated carbocycles. The molecule has 0 amide bonds. The predicted molar refractivity (Wildman–Crippen MR) is 344 cm³/mol. The monoisotopic (exact) mass is 1030 g/mol. The number of fused-ring (bicyclic) bond motifs is 7. The Morgan fingerprint density at radius 1 is 0.235 bits per heavy atom. The maximum Gasteiger partial charge on any atom is 0.136 e. The van der Waals surface area contributed by atoms with E-state index in [0.717, 1.165) is 88.7 Å². The van der Waals surface area contributed by atoms with E-state index in [4.69, 9.17) is 4.42 Å². The van der Waals surface area contributed by atoms with Crippen molar-refractivity contribution in [2.45, 2.75) is 13.8 Å². The minimum absolute atomic E-state index is 0.856. The first-order valence-electron chi connectivity index (χ1n) is 27.9. The molecule has 0 fully saturated rings. The van der Waals surface area contributed by atoms with E-state index in [1.807, 2.05) is 0 Å². The lowest BCUT2D eigenvalue weighted by atomic mass is 9.96. The zero-order chi connectivity index (χ0) is 54.0. The zero-order valence-corrected chi connectivity index (χ0v) is 45.0. The van der Waals surface area contributed by atoms with E-state index in [2.05, 4.69) is 315 Å². The highest BCUT2D eigenvalue weighted by molar-refractivity contribution is 6.14. The van der Waals surface area contributed by atoms with E-state index in [1.54, 1.807) is 0 Å². The molecule has 0 unspecified atom stereocenters. The summed E-state index contributed by atoms with van der Waals surface area (Å²) in [5, 5.41) is 11.6. The van der Waals surface area contributed by atoms with Crippen molar-refractivity contribution in [2.75, 3.05) is 9.80 Å². The lowest BCUT2D eigenvalue weighted by molar-refractivity contribution is 0.670. The molecule has 81 heavy (non-hydrogen) atoms. The largest absolute Gasteiger partial charge is 0.456 e. The second-order valence-corrected chi connectivity index (χ2v) is 21.5. The zero-order valence-electron chi connectivity index (χ0n) is 45.0. The minimum atomic E-state index is 0.856. The summed E-state index contributed by atoms with van der Waals surface area (Å²) in [5.41, 5.74) is 20.0. The number of hydrogen-bond donors (Lipinski definition) is 0. The Morgan fingerprint density at radius 3 is 1.10 bits per heavy atom. The van der Waals surface area contributed by atoms with Crippen molar-refractivity contribution < 1.29 is 4.42 Å². The Kier molecular flexibility index (Phi) is 11.6. The van der Waals surface area contributed by atoms with Gasteiger partial charge in [-0.15, -0.1) is 0 Å². The number of anilines is 6. The number of furan rings is 1. The molecular weight excluding hydrogens is 981 g/mol. The van der Waals surface area contributed by atoms with E-state index >= 15 is 0 Å². The van der Waals surface area contributed by atoms with Gasteiger partial charge in [0, 0.05) is 44.6 Å². The second kappa shape index (κ2) is 19.8. The standard InChI is InChI=1S/C78H54N2O/c1-51-33-39-75(71(41-51)55-17-5-3-6-18-55)79(63-27-13-25-59(43-63)69-31-15-23-53-21-9-11-29-67(53)69)65-37-35-57-47-73-74-48-58-36-38-66(46-62(58)50-78(74)81-77(73)49-61(57)45-65)80(76-40-34-52(2)42-72(76)56-19-7-4-8-20-56)64-28-14-26-60(44-64)70-32-16-24-54-22-10-12-30-68(54)70/h3-50H,1-2H3. The molecule has 0 spiro atoms. The molecule has 3 heteroatoms. The predicted octanol–water partition coefficient (Wildman–Crippen LogP) is 22.4. The highest BCUT2D eigenvalue weighted by Crippen LogP contribution is 2.47. The molecule has 0 aliphatic carbocycles. The maximum atomic E-state index is 6.96. The number of nitrogens with zero attached hydrogens (tertiary/aromatic N) is 2. The van der Waals surface area contributed by atoms with Gasteiger partial charge in [0.05, 0.1) is 11.4 Å². The highest BCUT2D eigenvalue weighted by Gasteiger charge is 2.22. The van der Waals surface area contributed by atoms with Crippen LogP contribution >= 0.6 is 0 Å². The first kappa shape index (κ1) is 47.7. The Hall–Kier alpha value is -10.5. The van der Waals surface area contributed by atoms with E-state index in [1.165, 1.54) is 66.1 Å². The van der Waals surface area contributed by atoms with E-state index in [0.29, 0.717) is 0 Å². The van der Waals surface area contributed by atoms with Crippen LogP contribution in [0, 0.1) is 13.8 Å². The molecule has 0 bridgehead atoms. The Morgan fingerprint density at radius 2 is 0.630 bits per heavy atom. The Labute approximate surface area is 471 Å². The van der Waals surface area contributed by atoms with Crippen LogP contribution in [0.3, 0.4) is 0 Å². The van der Waals surface area contributed by atoms with Crippen LogP contribution in [0.1, 0.15) is 11.1 Å². The topological polar surface area (TPSA) is 19.6 Å². The summed E-state index contributed by atoms with van der Waals surface area (Å²) in [6, 6.07) is 106. The third kappa shape index (κ3) is 8.64. The fraction of sp³-hybridized carbons (Fsp3) is 0.0256. The second-order valence-electron chi connectivity index (χ2n) is 21.5. The molecule has 0 aliphatic heterocycles. The van der Waals surface area contributed by atoms with Gasteiger partial charge in [-0.25, -0.2) is 0 Å². The van der Waals surface area contributed by atoms with Crippen molar-refractivity contribution in [3.05, 3.63) is 302 Å². The molecule has 1 heterocycles. The van der Waals surface area contributed by atoms with Crippen molar-refractivity contribution in [1.82, 2.24) is 0 Å². The van der Waals surface area contributed by atoms with Crippen LogP contribution in [0.25, 0.3) is 110 Å². The SMILES string of the molecule is Cc1ccc(N(c2cccc(-c3cccc4ccccc34)c2)c2ccc3cc4c(cc3c2)oc2cc3cc(N(c5cccc(-c6cccc7ccccc67)c5)c5ccc(C)cc5-c5ccccc5)ccc3cc24)c(-c2ccccc2)c1. The average molecular weight is 1040 g/mol. The maximum absolute atomic E-state index is 6.96. The normalized spacial score (nSPS) is 11.6. The molecule has 0 atom stereocenters. The van der Waals surface area contributed by atoms with Gasteiger partial charge in [-0.3, -0.25) is 0 Å². The van der Waals surface area contributed by atoms with Gasteiger partial charge in [0.15, 0.2) is 0 Å². The van der Waals surface area contributed by atoms with Crippen LogP contribution in [-0.2, 0) is 0 Å². The summed E-state index contributed by atoms with van der Waals surface area (Å²) in [5.74, 6) is 0. The summed E-state index contributed by atoms with van der Waals surface area (Å²) in [4.78, 5) is 4.84. The first-order valence-corrected chi connectivity index (χ1v) is 27.9. The first-order chi connectivity index (χ1) is 39.9. The van der Waals surface area contributed by atoms with Gasteiger partial charge < -0.3 is 14.2 Å². The molecule has 15 rings (SSSR count). The Bertz CT molecular complexity index is 4600. The third-order valence-corrected chi connectivity index (χ3v) is 16.2. The number of hydrogen-bond acceptors (Lipinski definition) is 3. The molecule has 1 aromatic heterocycles. The fourth-order valence-corrected chi connectivity index (χ4v) is 12.3. The van der Waals surface area contributed by atoms with Gasteiger partial charge in [-0.1, -0.05) is 205 Å². The van der Waals surface area contributed by atoms with Crippen molar-refractivity contribution in [1.29, 1.82) is 0 Å². The smallest absolute Gasteiger partial charge is 0.136 e. The van der Waals surface area contributed by atoms with Gasteiger partial charge in [0.1, 0.15) is 11.2 Å².